The minimum atomic E-state index is -0.0671. The topological polar surface area (TPSA) is 34.0 Å². The maximum Gasteiger partial charge on any atom is 0.272 e. The highest BCUT2D eigenvalue weighted by Gasteiger charge is 2.25. The molecule has 0 unspecified atom stereocenters. The highest BCUT2D eigenvalue weighted by molar-refractivity contribution is 7.17. The van der Waals surface area contributed by atoms with Crippen LogP contribution in [0.1, 0.15) is 42.2 Å². The third-order valence-electron chi connectivity index (χ3n) is 4.47. The number of benzene rings is 1. The van der Waals surface area contributed by atoms with E-state index in [-0.39, 0.29) is 5.91 Å². The van der Waals surface area contributed by atoms with Gasteiger partial charge in [0, 0.05) is 16.8 Å². The van der Waals surface area contributed by atoms with Gasteiger partial charge in [-0.25, -0.2) is 0 Å². The van der Waals surface area contributed by atoms with Crippen LogP contribution in [0.25, 0.3) is 10.2 Å². The quantitative estimate of drug-likeness (QED) is 0.647. The first-order chi connectivity index (χ1) is 11.2. The predicted molar refractivity (Wildman–Crippen MR) is 96.7 cm³/mol. The van der Waals surface area contributed by atoms with Crippen molar-refractivity contribution in [1.29, 1.82) is 0 Å². The standard InChI is InChI=1S/C18H17ClN2OS/c19-12-4-3-5-13(10-12)20-18(22)16-11-17-15(8-9-23-17)21(16)14-6-1-2-7-14/h3-5,8-11,14H,1-2,6-7H2,(H,20,22). The van der Waals surface area contributed by atoms with Gasteiger partial charge in [-0.1, -0.05) is 30.5 Å². The lowest BCUT2D eigenvalue weighted by Crippen LogP contribution is -2.19. The van der Waals surface area contributed by atoms with E-state index in [9.17, 15) is 4.79 Å². The summed E-state index contributed by atoms with van der Waals surface area (Å²) in [4.78, 5) is 12.8. The smallest absolute Gasteiger partial charge is 0.272 e. The van der Waals surface area contributed by atoms with Crippen LogP contribution in [0.5, 0.6) is 0 Å². The number of fused-ring (bicyclic) bond motifs is 1. The van der Waals surface area contributed by atoms with E-state index in [0.717, 1.165) is 24.2 Å². The number of thiophene rings is 1. The molecule has 1 aliphatic rings. The van der Waals surface area contributed by atoms with E-state index in [1.54, 1.807) is 23.5 Å². The number of amides is 1. The molecule has 1 aliphatic carbocycles. The summed E-state index contributed by atoms with van der Waals surface area (Å²) in [7, 11) is 0. The van der Waals surface area contributed by atoms with Gasteiger partial charge in [0.15, 0.2) is 0 Å². The van der Waals surface area contributed by atoms with Crippen LogP contribution in [-0.4, -0.2) is 10.5 Å². The summed E-state index contributed by atoms with van der Waals surface area (Å²) < 4.78 is 3.41. The second kappa shape index (κ2) is 6.02. The second-order valence-corrected chi connectivity index (χ2v) is 7.36. The van der Waals surface area contributed by atoms with E-state index in [4.69, 9.17) is 11.6 Å². The Morgan fingerprint density at radius 3 is 2.83 bits per heavy atom. The zero-order chi connectivity index (χ0) is 15.8. The Morgan fingerprint density at radius 2 is 2.04 bits per heavy atom. The molecule has 0 aliphatic heterocycles. The van der Waals surface area contributed by atoms with Crippen LogP contribution in [0.2, 0.25) is 5.02 Å². The van der Waals surface area contributed by atoms with E-state index in [2.05, 4.69) is 21.3 Å². The SMILES string of the molecule is O=C(Nc1cccc(Cl)c1)c1cc2sccc2n1C1CCCC1. The highest BCUT2D eigenvalue weighted by atomic mass is 35.5. The van der Waals surface area contributed by atoms with Crippen LogP contribution in [-0.2, 0) is 0 Å². The molecule has 0 spiro atoms. The van der Waals surface area contributed by atoms with Crippen LogP contribution in [0.3, 0.4) is 0 Å². The first-order valence-electron chi connectivity index (χ1n) is 7.88. The van der Waals surface area contributed by atoms with E-state index in [0.29, 0.717) is 11.1 Å². The van der Waals surface area contributed by atoms with Gasteiger partial charge in [0.2, 0.25) is 0 Å². The average Bonchev–Trinajstić information content (AvgIpc) is 3.23. The lowest BCUT2D eigenvalue weighted by Gasteiger charge is -2.17. The van der Waals surface area contributed by atoms with Crippen molar-refractivity contribution in [3.05, 3.63) is 52.5 Å². The van der Waals surface area contributed by atoms with Gasteiger partial charge in [-0.15, -0.1) is 11.3 Å². The molecule has 1 aromatic carbocycles. The lowest BCUT2D eigenvalue weighted by molar-refractivity contribution is 0.101. The third-order valence-corrected chi connectivity index (χ3v) is 5.55. The van der Waals surface area contributed by atoms with Crippen molar-refractivity contribution < 1.29 is 4.79 Å². The molecule has 0 atom stereocenters. The van der Waals surface area contributed by atoms with E-state index < -0.39 is 0 Å². The maximum absolute atomic E-state index is 12.8. The fourth-order valence-corrected chi connectivity index (χ4v) is 4.44. The summed E-state index contributed by atoms with van der Waals surface area (Å²) in [5.74, 6) is -0.0671. The molecule has 0 radical (unpaired) electrons. The Bertz CT molecular complexity index is 861. The zero-order valence-electron chi connectivity index (χ0n) is 12.6. The van der Waals surface area contributed by atoms with Crippen molar-refractivity contribution in [2.75, 3.05) is 5.32 Å². The monoisotopic (exact) mass is 344 g/mol. The van der Waals surface area contributed by atoms with Crippen LogP contribution in [0.4, 0.5) is 5.69 Å². The van der Waals surface area contributed by atoms with Gasteiger partial charge in [-0.3, -0.25) is 4.79 Å². The van der Waals surface area contributed by atoms with Crippen molar-refractivity contribution >= 4 is 44.7 Å². The minimum absolute atomic E-state index is 0.0671. The molecule has 1 amide bonds. The molecule has 4 rings (SSSR count). The van der Waals surface area contributed by atoms with Crippen LogP contribution < -0.4 is 5.32 Å². The summed E-state index contributed by atoms with van der Waals surface area (Å²) in [6.45, 7) is 0. The Labute approximate surface area is 143 Å². The van der Waals surface area contributed by atoms with Gasteiger partial charge >= 0.3 is 0 Å². The average molecular weight is 345 g/mol. The summed E-state index contributed by atoms with van der Waals surface area (Å²) in [5, 5.41) is 5.69. The number of halogens is 1. The molecule has 3 nitrogen and oxygen atoms in total. The molecule has 3 aromatic rings. The summed E-state index contributed by atoms with van der Waals surface area (Å²) in [5.41, 5.74) is 2.65. The largest absolute Gasteiger partial charge is 0.333 e. The van der Waals surface area contributed by atoms with Gasteiger partial charge in [0.25, 0.3) is 5.91 Å². The van der Waals surface area contributed by atoms with Crippen LogP contribution in [0, 0.1) is 0 Å². The highest BCUT2D eigenvalue weighted by Crippen LogP contribution is 2.36. The summed E-state index contributed by atoms with van der Waals surface area (Å²) in [6.07, 6.45) is 4.78. The van der Waals surface area contributed by atoms with Crippen molar-refractivity contribution in [3.63, 3.8) is 0 Å². The number of nitrogens with one attached hydrogen (secondary N) is 1. The summed E-state index contributed by atoms with van der Waals surface area (Å²) >= 11 is 7.69. The lowest BCUT2D eigenvalue weighted by atomic mass is 10.2. The van der Waals surface area contributed by atoms with Gasteiger partial charge < -0.3 is 9.88 Å². The Morgan fingerprint density at radius 1 is 1.22 bits per heavy atom. The van der Waals surface area contributed by atoms with Gasteiger partial charge in [-0.2, -0.15) is 0 Å². The molecule has 1 saturated carbocycles. The first-order valence-corrected chi connectivity index (χ1v) is 9.13. The summed E-state index contributed by atoms with van der Waals surface area (Å²) in [6, 6.07) is 11.8. The van der Waals surface area contributed by atoms with Crippen molar-refractivity contribution in [1.82, 2.24) is 4.57 Å². The van der Waals surface area contributed by atoms with Crippen molar-refractivity contribution in [2.24, 2.45) is 0 Å². The fourth-order valence-electron chi connectivity index (χ4n) is 3.44. The Hall–Kier alpha value is -1.78. The van der Waals surface area contributed by atoms with Crippen molar-refractivity contribution in [2.45, 2.75) is 31.7 Å². The van der Waals surface area contributed by atoms with E-state index in [1.165, 1.54) is 23.1 Å². The number of carbonyl (C=O) groups excluding carboxylic acids is 1. The number of nitrogens with zero attached hydrogens (tertiary/aromatic N) is 1. The van der Waals surface area contributed by atoms with Crippen LogP contribution >= 0.6 is 22.9 Å². The number of hydrogen-bond donors (Lipinski definition) is 1. The number of anilines is 1. The van der Waals surface area contributed by atoms with Crippen LogP contribution in [0.15, 0.2) is 41.8 Å². The first kappa shape index (κ1) is 14.8. The molecule has 1 fully saturated rings. The molecule has 1 N–H and O–H groups in total. The number of aromatic nitrogens is 1. The Kier molecular flexibility index (Phi) is 3.87. The molecule has 23 heavy (non-hydrogen) atoms. The van der Waals surface area contributed by atoms with Gasteiger partial charge in [0.1, 0.15) is 5.69 Å². The molecule has 2 heterocycles. The van der Waals surface area contributed by atoms with Gasteiger partial charge in [-0.05, 0) is 48.6 Å². The normalized spacial score (nSPS) is 15.3. The minimum Gasteiger partial charge on any atom is -0.333 e. The zero-order valence-corrected chi connectivity index (χ0v) is 14.2. The Balaban J connectivity index is 1.71. The maximum atomic E-state index is 12.8. The molecular weight excluding hydrogens is 328 g/mol. The number of carbonyl (C=O) groups is 1. The molecule has 118 valence electrons. The molecule has 2 aromatic heterocycles. The third kappa shape index (κ3) is 2.77. The molecule has 0 bridgehead atoms. The van der Waals surface area contributed by atoms with Gasteiger partial charge in [0.05, 0.1) is 10.2 Å². The predicted octanol–water partition coefficient (Wildman–Crippen LogP) is 5.72. The van der Waals surface area contributed by atoms with E-state index >= 15 is 0 Å². The molecule has 0 saturated heterocycles. The fraction of sp³-hybridized carbons (Fsp3) is 0.278. The second-order valence-electron chi connectivity index (χ2n) is 5.97. The number of hydrogen-bond acceptors (Lipinski definition) is 2. The molecular formula is C18H17ClN2OS. The van der Waals surface area contributed by atoms with E-state index in [1.807, 2.05) is 18.2 Å². The molecule has 5 heteroatoms. The van der Waals surface area contributed by atoms with Crippen molar-refractivity contribution in [3.8, 4) is 0 Å². The number of rotatable bonds is 3.